The van der Waals surface area contributed by atoms with E-state index in [1.165, 1.54) is 0 Å². The smallest absolute Gasteiger partial charge is 0.431 e. The molecule has 0 radical (unpaired) electrons. The lowest BCUT2D eigenvalue weighted by molar-refractivity contribution is -0.0200. The Balaban J connectivity index is 1.70. The molecule has 0 spiro atoms. The molecule has 0 aliphatic carbocycles. The third-order valence-corrected chi connectivity index (χ3v) is 2.34. The maximum atomic E-state index is 11.3. The van der Waals surface area contributed by atoms with Crippen LogP contribution in [0.4, 0.5) is 4.79 Å². The molecule has 1 heterocycles. The van der Waals surface area contributed by atoms with Crippen LogP contribution in [0.1, 0.15) is 0 Å². The van der Waals surface area contributed by atoms with Crippen molar-refractivity contribution in [2.75, 3.05) is 26.3 Å². The first-order valence-corrected chi connectivity index (χ1v) is 5.56. The summed E-state index contributed by atoms with van der Waals surface area (Å²) in [5.41, 5.74) is 0. The van der Waals surface area contributed by atoms with E-state index >= 15 is 0 Å². The minimum absolute atomic E-state index is 0.0907. The SMILES string of the molecule is O=C(OCC1CNCCO1)Oc1ccccc1. The number of carbonyl (C=O) groups excluding carboxylic acids is 1. The molecule has 1 aliphatic rings. The molecule has 5 heteroatoms. The van der Waals surface area contributed by atoms with Crippen LogP contribution < -0.4 is 10.1 Å². The molecule has 1 fully saturated rings. The van der Waals surface area contributed by atoms with Gasteiger partial charge in [0.1, 0.15) is 18.5 Å². The number of rotatable bonds is 3. The summed E-state index contributed by atoms with van der Waals surface area (Å²) in [4.78, 5) is 11.3. The molecule has 2 rings (SSSR count). The summed E-state index contributed by atoms with van der Waals surface area (Å²) in [6.45, 7) is 2.38. The van der Waals surface area contributed by atoms with E-state index in [0.717, 1.165) is 6.54 Å². The molecule has 1 aromatic carbocycles. The average molecular weight is 237 g/mol. The standard InChI is InChI=1S/C12H15NO4/c14-12(17-10-4-2-1-3-5-10)16-9-11-8-13-6-7-15-11/h1-5,11,13H,6-9H2. The molecule has 0 saturated carbocycles. The van der Waals surface area contributed by atoms with E-state index in [4.69, 9.17) is 14.2 Å². The highest BCUT2D eigenvalue weighted by Crippen LogP contribution is 2.09. The van der Waals surface area contributed by atoms with Crippen LogP contribution in [0.25, 0.3) is 0 Å². The van der Waals surface area contributed by atoms with Gasteiger partial charge in [0.15, 0.2) is 0 Å². The number of nitrogens with one attached hydrogen (secondary N) is 1. The Morgan fingerprint density at radius 1 is 1.41 bits per heavy atom. The molecule has 5 nitrogen and oxygen atoms in total. The minimum atomic E-state index is -0.703. The molecule has 0 aromatic heterocycles. The fraction of sp³-hybridized carbons (Fsp3) is 0.417. The van der Waals surface area contributed by atoms with Crippen molar-refractivity contribution in [3.63, 3.8) is 0 Å². The Labute approximate surface area is 99.7 Å². The Bertz CT molecular complexity index is 349. The minimum Gasteiger partial charge on any atom is -0.431 e. The summed E-state index contributed by atoms with van der Waals surface area (Å²) in [6.07, 6.45) is -0.794. The number of hydrogen-bond acceptors (Lipinski definition) is 5. The fourth-order valence-electron chi connectivity index (χ4n) is 1.50. The van der Waals surface area contributed by atoms with Crippen molar-refractivity contribution in [3.05, 3.63) is 30.3 Å². The largest absolute Gasteiger partial charge is 0.513 e. The summed E-state index contributed by atoms with van der Waals surface area (Å²) in [5, 5.41) is 3.15. The summed E-state index contributed by atoms with van der Waals surface area (Å²) < 4.78 is 15.3. The van der Waals surface area contributed by atoms with Crippen molar-refractivity contribution in [2.45, 2.75) is 6.10 Å². The highest BCUT2D eigenvalue weighted by molar-refractivity contribution is 5.63. The monoisotopic (exact) mass is 237 g/mol. The van der Waals surface area contributed by atoms with Gasteiger partial charge in [-0.2, -0.15) is 0 Å². The zero-order valence-corrected chi connectivity index (χ0v) is 9.43. The van der Waals surface area contributed by atoms with Gasteiger partial charge in [-0.05, 0) is 12.1 Å². The van der Waals surface area contributed by atoms with Gasteiger partial charge in [-0.15, -0.1) is 0 Å². The van der Waals surface area contributed by atoms with Gasteiger partial charge in [-0.1, -0.05) is 18.2 Å². The van der Waals surface area contributed by atoms with Gasteiger partial charge in [0.05, 0.1) is 6.61 Å². The predicted molar refractivity (Wildman–Crippen MR) is 61.0 cm³/mol. The molecule has 0 bridgehead atoms. The van der Waals surface area contributed by atoms with Crippen molar-refractivity contribution in [3.8, 4) is 5.75 Å². The average Bonchev–Trinajstić information content (AvgIpc) is 2.39. The van der Waals surface area contributed by atoms with E-state index in [1.807, 2.05) is 6.07 Å². The van der Waals surface area contributed by atoms with E-state index < -0.39 is 6.16 Å². The first-order valence-electron chi connectivity index (χ1n) is 5.56. The van der Waals surface area contributed by atoms with Crippen LogP contribution >= 0.6 is 0 Å². The van der Waals surface area contributed by atoms with Crippen LogP contribution in [-0.4, -0.2) is 38.6 Å². The second-order valence-electron chi connectivity index (χ2n) is 3.67. The van der Waals surface area contributed by atoms with Crippen LogP contribution in [0.2, 0.25) is 0 Å². The molecule has 1 aromatic rings. The Kier molecular flexibility index (Phi) is 4.35. The van der Waals surface area contributed by atoms with Crippen LogP contribution in [0.5, 0.6) is 5.75 Å². The topological polar surface area (TPSA) is 56.8 Å². The van der Waals surface area contributed by atoms with E-state index in [0.29, 0.717) is 18.9 Å². The summed E-state index contributed by atoms with van der Waals surface area (Å²) in [6, 6.07) is 8.81. The Morgan fingerprint density at radius 2 is 2.24 bits per heavy atom. The first kappa shape index (κ1) is 11.9. The molecule has 1 N–H and O–H groups in total. The summed E-state index contributed by atoms with van der Waals surface area (Å²) in [5.74, 6) is 0.472. The third-order valence-electron chi connectivity index (χ3n) is 2.34. The van der Waals surface area contributed by atoms with Crippen LogP contribution in [0, 0.1) is 0 Å². The molecule has 0 amide bonds. The Morgan fingerprint density at radius 3 is 2.94 bits per heavy atom. The molecule has 17 heavy (non-hydrogen) atoms. The highest BCUT2D eigenvalue weighted by atomic mass is 16.7. The van der Waals surface area contributed by atoms with Crippen LogP contribution in [-0.2, 0) is 9.47 Å². The summed E-state index contributed by atoms with van der Waals surface area (Å²) in [7, 11) is 0. The molecular weight excluding hydrogens is 222 g/mol. The maximum Gasteiger partial charge on any atom is 0.513 e. The first-order chi connectivity index (χ1) is 8.34. The van der Waals surface area contributed by atoms with Gasteiger partial charge >= 0.3 is 6.16 Å². The quantitative estimate of drug-likeness (QED) is 0.632. The number of para-hydroxylation sites is 1. The molecular formula is C12H15NO4. The molecule has 1 aliphatic heterocycles. The van der Waals surface area contributed by atoms with Gasteiger partial charge in [-0.25, -0.2) is 4.79 Å². The van der Waals surface area contributed by atoms with Crippen molar-refractivity contribution >= 4 is 6.16 Å². The highest BCUT2D eigenvalue weighted by Gasteiger charge is 2.16. The van der Waals surface area contributed by atoms with E-state index in [-0.39, 0.29) is 12.7 Å². The Hall–Kier alpha value is -1.59. The maximum absolute atomic E-state index is 11.3. The van der Waals surface area contributed by atoms with Gasteiger partial charge in [0.2, 0.25) is 0 Å². The summed E-state index contributed by atoms with van der Waals surface area (Å²) >= 11 is 0. The van der Waals surface area contributed by atoms with Gasteiger partial charge in [0, 0.05) is 13.1 Å². The van der Waals surface area contributed by atoms with Gasteiger partial charge < -0.3 is 19.5 Å². The van der Waals surface area contributed by atoms with Crippen molar-refractivity contribution < 1.29 is 19.0 Å². The van der Waals surface area contributed by atoms with Crippen LogP contribution in [0.15, 0.2) is 30.3 Å². The normalized spacial score (nSPS) is 19.6. The number of morpholine rings is 1. The second-order valence-corrected chi connectivity index (χ2v) is 3.67. The number of benzene rings is 1. The van der Waals surface area contributed by atoms with Crippen molar-refractivity contribution in [1.82, 2.24) is 5.32 Å². The lowest BCUT2D eigenvalue weighted by Gasteiger charge is -2.22. The molecule has 1 unspecified atom stereocenters. The zero-order valence-electron chi connectivity index (χ0n) is 9.43. The van der Waals surface area contributed by atoms with Crippen LogP contribution in [0.3, 0.4) is 0 Å². The zero-order chi connectivity index (χ0) is 11.9. The lowest BCUT2D eigenvalue weighted by Crippen LogP contribution is -2.41. The van der Waals surface area contributed by atoms with E-state index in [2.05, 4.69) is 5.32 Å². The molecule has 92 valence electrons. The number of hydrogen-bond donors (Lipinski definition) is 1. The van der Waals surface area contributed by atoms with Crippen molar-refractivity contribution in [2.24, 2.45) is 0 Å². The van der Waals surface area contributed by atoms with Gasteiger partial charge in [-0.3, -0.25) is 0 Å². The number of carbonyl (C=O) groups is 1. The molecule has 1 atom stereocenters. The second kappa shape index (κ2) is 6.22. The lowest BCUT2D eigenvalue weighted by atomic mass is 10.3. The van der Waals surface area contributed by atoms with Gasteiger partial charge in [0.25, 0.3) is 0 Å². The third kappa shape index (κ3) is 4.05. The van der Waals surface area contributed by atoms with Crippen molar-refractivity contribution in [1.29, 1.82) is 0 Å². The predicted octanol–water partition coefficient (Wildman–Crippen LogP) is 1.19. The molecule has 1 saturated heterocycles. The van der Waals surface area contributed by atoms with E-state index in [1.54, 1.807) is 24.3 Å². The fourth-order valence-corrected chi connectivity index (χ4v) is 1.50. The number of ether oxygens (including phenoxy) is 3. The van der Waals surface area contributed by atoms with E-state index in [9.17, 15) is 4.79 Å².